The van der Waals surface area contributed by atoms with Crippen LogP contribution in [-0.4, -0.2) is 10.8 Å². The molecule has 31 heavy (non-hydrogen) atoms. The van der Waals surface area contributed by atoms with Crippen LogP contribution < -0.4 is 5.32 Å². The van der Waals surface area contributed by atoms with Crippen molar-refractivity contribution in [1.82, 2.24) is 0 Å². The molecular weight excluding hydrogens is 408 g/mol. The number of carbonyl (C=O) groups is 1. The first-order valence-electron chi connectivity index (χ1n) is 10.0. The van der Waals surface area contributed by atoms with Crippen molar-refractivity contribution in [2.75, 3.05) is 5.32 Å². The van der Waals surface area contributed by atoms with E-state index in [0.29, 0.717) is 5.69 Å². The number of nitro benzene ring substituents is 1. The zero-order valence-corrected chi connectivity index (χ0v) is 19.2. The number of amides is 1. The fraction of sp³-hybridized carbons (Fsp3) is 0.240. The van der Waals surface area contributed by atoms with Gasteiger partial charge in [-0.3, -0.25) is 14.9 Å². The number of nitrogens with one attached hydrogen (secondary N) is 1. The van der Waals surface area contributed by atoms with Crippen molar-refractivity contribution in [2.24, 2.45) is 0 Å². The average Bonchev–Trinajstić information content (AvgIpc) is 2.77. The Morgan fingerprint density at radius 3 is 2.16 bits per heavy atom. The molecular formula is C25H26N2O3S. The number of nitrogens with zero attached hydrogens (tertiary/aromatic N) is 1. The molecule has 1 amide bonds. The van der Waals surface area contributed by atoms with Crippen LogP contribution in [0.3, 0.4) is 0 Å². The Morgan fingerprint density at radius 1 is 0.903 bits per heavy atom. The molecule has 0 aromatic heterocycles. The maximum atomic E-state index is 12.7. The lowest BCUT2D eigenvalue weighted by Crippen LogP contribution is -2.12. The minimum absolute atomic E-state index is 0.105. The summed E-state index contributed by atoms with van der Waals surface area (Å²) in [7, 11) is 0. The van der Waals surface area contributed by atoms with Crippen LogP contribution in [0.2, 0.25) is 0 Å². The molecule has 3 aromatic rings. The molecule has 0 bridgehead atoms. The van der Waals surface area contributed by atoms with E-state index in [1.54, 1.807) is 17.8 Å². The zero-order chi connectivity index (χ0) is 22.7. The molecule has 0 saturated heterocycles. The summed E-state index contributed by atoms with van der Waals surface area (Å²) in [6.07, 6.45) is 0. The van der Waals surface area contributed by atoms with Crippen molar-refractivity contribution in [1.29, 1.82) is 0 Å². The topological polar surface area (TPSA) is 72.2 Å². The van der Waals surface area contributed by atoms with Crippen molar-refractivity contribution in [3.05, 3.63) is 97.6 Å². The molecule has 0 radical (unpaired) electrons. The number of anilines is 1. The summed E-state index contributed by atoms with van der Waals surface area (Å²) >= 11 is 1.67. The summed E-state index contributed by atoms with van der Waals surface area (Å²) in [6, 6.07) is 13.4. The monoisotopic (exact) mass is 434 g/mol. The highest BCUT2D eigenvalue weighted by molar-refractivity contribution is 7.98. The standard InChI is InChI=1S/C25H26N2O3S/c1-15-16(2)18(4)22(19(5)17(15)3)14-31-24-12-7-6-11-23(24)26-25(28)20-9-8-10-21(13-20)27(29)30/h6-13H,14H2,1-5H3,(H,26,28). The van der Waals surface area contributed by atoms with Gasteiger partial charge in [-0.2, -0.15) is 0 Å². The number of para-hydroxylation sites is 1. The molecule has 160 valence electrons. The van der Waals surface area contributed by atoms with Gasteiger partial charge in [0.25, 0.3) is 11.6 Å². The van der Waals surface area contributed by atoms with Crippen molar-refractivity contribution < 1.29 is 9.72 Å². The fourth-order valence-corrected chi connectivity index (χ4v) is 4.78. The fourth-order valence-electron chi connectivity index (χ4n) is 3.60. The van der Waals surface area contributed by atoms with Crippen LogP contribution in [0.5, 0.6) is 0 Å². The largest absolute Gasteiger partial charge is 0.321 e. The van der Waals surface area contributed by atoms with Gasteiger partial charge >= 0.3 is 0 Å². The molecule has 0 aliphatic heterocycles. The third kappa shape index (κ3) is 4.80. The van der Waals surface area contributed by atoms with Gasteiger partial charge in [-0.05, 0) is 86.2 Å². The van der Waals surface area contributed by atoms with Crippen LogP contribution in [0, 0.1) is 44.7 Å². The summed E-state index contributed by atoms with van der Waals surface area (Å²) in [4.78, 5) is 24.2. The Kier molecular flexibility index (Phi) is 6.81. The molecule has 3 aromatic carbocycles. The number of hydrogen-bond donors (Lipinski definition) is 1. The Bertz CT molecular complexity index is 1140. The van der Waals surface area contributed by atoms with Crippen LogP contribution in [0.1, 0.15) is 43.7 Å². The summed E-state index contributed by atoms with van der Waals surface area (Å²) < 4.78 is 0. The quantitative estimate of drug-likeness (QED) is 0.267. The van der Waals surface area contributed by atoms with Crippen LogP contribution in [0.25, 0.3) is 0 Å². The summed E-state index contributed by atoms with van der Waals surface area (Å²) in [5, 5.41) is 13.9. The number of rotatable bonds is 6. The average molecular weight is 435 g/mol. The molecule has 1 N–H and O–H groups in total. The minimum Gasteiger partial charge on any atom is -0.321 e. The number of hydrogen-bond acceptors (Lipinski definition) is 4. The van der Waals surface area contributed by atoms with Gasteiger partial charge in [-0.1, -0.05) is 18.2 Å². The molecule has 6 heteroatoms. The third-order valence-corrected chi connectivity index (χ3v) is 7.08. The highest BCUT2D eigenvalue weighted by atomic mass is 32.2. The lowest BCUT2D eigenvalue weighted by Gasteiger charge is -2.19. The summed E-state index contributed by atoms with van der Waals surface area (Å²) in [5.41, 5.74) is 8.78. The van der Waals surface area contributed by atoms with Crippen LogP contribution in [0.4, 0.5) is 11.4 Å². The van der Waals surface area contributed by atoms with Crippen molar-refractivity contribution in [3.8, 4) is 0 Å². The molecule has 0 atom stereocenters. The van der Waals surface area contributed by atoms with E-state index in [2.05, 4.69) is 39.9 Å². The van der Waals surface area contributed by atoms with Gasteiger partial charge in [-0.25, -0.2) is 0 Å². The second-order valence-electron chi connectivity index (χ2n) is 7.65. The molecule has 0 saturated carbocycles. The Labute approximate surface area is 187 Å². The van der Waals surface area contributed by atoms with Crippen molar-refractivity contribution in [3.63, 3.8) is 0 Å². The van der Waals surface area contributed by atoms with Gasteiger partial charge in [0.1, 0.15) is 0 Å². The molecule has 5 nitrogen and oxygen atoms in total. The minimum atomic E-state index is -0.503. The molecule has 0 aliphatic rings. The Balaban J connectivity index is 1.83. The van der Waals surface area contributed by atoms with Gasteiger partial charge in [0.2, 0.25) is 0 Å². The molecule has 3 rings (SSSR count). The Morgan fingerprint density at radius 2 is 1.52 bits per heavy atom. The van der Waals surface area contributed by atoms with Gasteiger partial charge < -0.3 is 5.32 Å². The van der Waals surface area contributed by atoms with E-state index >= 15 is 0 Å². The zero-order valence-electron chi connectivity index (χ0n) is 18.4. The van der Waals surface area contributed by atoms with E-state index in [1.165, 1.54) is 51.6 Å². The van der Waals surface area contributed by atoms with E-state index in [4.69, 9.17) is 0 Å². The van der Waals surface area contributed by atoms with Crippen molar-refractivity contribution >= 4 is 29.0 Å². The number of thioether (sulfide) groups is 1. The first kappa shape index (κ1) is 22.6. The number of benzene rings is 3. The number of nitro groups is 1. The highest BCUT2D eigenvalue weighted by Gasteiger charge is 2.15. The third-order valence-electron chi connectivity index (χ3n) is 5.98. The lowest BCUT2D eigenvalue weighted by atomic mass is 9.90. The number of non-ortho nitro benzene ring substituents is 1. The molecule has 0 unspecified atom stereocenters. The van der Waals surface area contributed by atoms with Crippen LogP contribution in [0.15, 0.2) is 53.4 Å². The molecule has 0 fully saturated rings. The number of carbonyl (C=O) groups excluding carboxylic acids is 1. The predicted molar refractivity (Wildman–Crippen MR) is 127 cm³/mol. The SMILES string of the molecule is Cc1c(C)c(C)c(CSc2ccccc2NC(=O)c2cccc([N+](=O)[O-])c2)c(C)c1C. The van der Waals surface area contributed by atoms with Gasteiger partial charge in [-0.15, -0.1) is 11.8 Å². The second-order valence-corrected chi connectivity index (χ2v) is 8.67. The maximum absolute atomic E-state index is 12.7. The van der Waals surface area contributed by atoms with Crippen LogP contribution >= 0.6 is 11.8 Å². The second kappa shape index (κ2) is 9.35. The highest BCUT2D eigenvalue weighted by Crippen LogP contribution is 2.34. The van der Waals surface area contributed by atoms with Crippen molar-refractivity contribution in [2.45, 2.75) is 45.3 Å². The molecule has 0 heterocycles. The van der Waals surface area contributed by atoms with E-state index in [-0.39, 0.29) is 17.2 Å². The van der Waals surface area contributed by atoms with E-state index in [9.17, 15) is 14.9 Å². The molecule has 0 spiro atoms. The molecule has 0 aliphatic carbocycles. The lowest BCUT2D eigenvalue weighted by molar-refractivity contribution is -0.384. The smallest absolute Gasteiger partial charge is 0.270 e. The van der Waals surface area contributed by atoms with E-state index in [0.717, 1.165) is 10.6 Å². The normalized spacial score (nSPS) is 10.7. The first-order chi connectivity index (χ1) is 14.7. The Hall–Kier alpha value is -3.12. The first-order valence-corrected chi connectivity index (χ1v) is 11.0. The summed E-state index contributed by atoms with van der Waals surface area (Å²) in [5.74, 6) is 0.426. The van der Waals surface area contributed by atoms with E-state index < -0.39 is 4.92 Å². The van der Waals surface area contributed by atoms with Gasteiger partial charge in [0, 0.05) is 28.3 Å². The van der Waals surface area contributed by atoms with Gasteiger partial charge in [0.15, 0.2) is 0 Å². The maximum Gasteiger partial charge on any atom is 0.270 e. The van der Waals surface area contributed by atoms with E-state index in [1.807, 2.05) is 24.3 Å². The predicted octanol–water partition coefficient (Wildman–Crippen LogP) is 6.68. The van der Waals surface area contributed by atoms with Crippen LogP contribution in [-0.2, 0) is 5.75 Å². The summed E-state index contributed by atoms with van der Waals surface area (Å²) in [6.45, 7) is 10.8. The van der Waals surface area contributed by atoms with Gasteiger partial charge in [0.05, 0.1) is 10.6 Å².